The topological polar surface area (TPSA) is 26.3 Å². The van der Waals surface area contributed by atoms with Crippen molar-refractivity contribution in [1.29, 1.82) is 0 Å². The van der Waals surface area contributed by atoms with Crippen molar-refractivity contribution >= 4 is 5.97 Å². The van der Waals surface area contributed by atoms with Crippen LogP contribution in [0.25, 0.3) is 0 Å². The van der Waals surface area contributed by atoms with E-state index in [1.807, 2.05) is 0 Å². The molecule has 150 valence electrons. The van der Waals surface area contributed by atoms with Crippen molar-refractivity contribution in [3.8, 4) is 0 Å². The molecule has 0 aliphatic carbocycles. The minimum absolute atomic E-state index is 0.00217. The molecule has 0 radical (unpaired) electrons. The lowest BCUT2D eigenvalue weighted by molar-refractivity contribution is -0.143. The van der Waals surface area contributed by atoms with E-state index in [-0.39, 0.29) is 5.97 Å². The fourth-order valence-corrected chi connectivity index (χ4v) is 3.20. The molecule has 0 amide bonds. The number of hydrogen-bond acceptors (Lipinski definition) is 2. The quantitative estimate of drug-likeness (QED) is 0.174. The van der Waals surface area contributed by atoms with Crippen molar-refractivity contribution in [2.45, 2.75) is 130 Å². The molecule has 0 aromatic heterocycles. The number of carbonyl (C=O) groups is 1. The number of rotatable bonds is 19. The summed E-state index contributed by atoms with van der Waals surface area (Å²) in [5, 5.41) is 0. The van der Waals surface area contributed by atoms with Crippen LogP contribution in [-0.4, -0.2) is 12.6 Å². The van der Waals surface area contributed by atoms with Crippen LogP contribution in [0.3, 0.4) is 0 Å². The van der Waals surface area contributed by atoms with Gasteiger partial charge in [-0.15, -0.1) is 0 Å². The van der Waals surface area contributed by atoms with Crippen LogP contribution in [0, 0.1) is 5.92 Å². The maximum Gasteiger partial charge on any atom is 0.305 e. The molecule has 0 aliphatic heterocycles. The number of carbonyl (C=O) groups excluding carboxylic acids is 1. The van der Waals surface area contributed by atoms with Crippen LogP contribution < -0.4 is 0 Å². The van der Waals surface area contributed by atoms with Crippen LogP contribution in [0.2, 0.25) is 0 Å². The van der Waals surface area contributed by atoms with Gasteiger partial charge in [-0.3, -0.25) is 4.79 Å². The number of ether oxygens (including phenoxy) is 1. The Bertz CT molecular complexity index is 273. The average molecular weight is 355 g/mol. The van der Waals surface area contributed by atoms with E-state index < -0.39 is 0 Å². The van der Waals surface area contributed by atoms with Gasteiger partial charge < -0.3 is 4.74 Å². The highest BCUT2D eigenvalue weighted by molar-refractivity contribution is 5.69. The third-order valence-electron chi connectivity index (χ3n) is 4.92. The normalized spacial score (nSPS) is 11.2. The SMILES string of the molecule is CCCCCC(=O)OCCCCCCCCCCCCCCC(C)C. The third-order valence-corrected chi connectivity index (χ3v) is 4.92. The Kier molecular flexibility index (Phi) is 19.4. The molecular weight excluding hydrogens is 308 g/mol. The molecule has 0 bridgehead atoms. The van der Waals surface area contributed by atoms with Crippen molar-refractivity contribution in [3.63, 3.8) is 0 Å². The molecule has 0 saturated heterocycles. The van der Waals surface area contributed by atoms with Gasteiger partial charge in [-0.2, -0.15) is 0 Å². The lowest BCUT2D eigenvalue weighted by Crippen LogP contribution is -2.05. The van der Waals surface area contributed by atoms with E-state index in [9.17, 15) is 4.79 Å². The van der Waals surface area contributed by atoms with Gasteiger partial charge in [0.1, 0.15) is 0 Å². The minimum atomic E-state index is -0.00217. The summed E-state index contributed by atoms with van der Waals surface area (Å²) in [7, 11) is 0. The van der Waals surface area contributed by atoms with Crippen LogP contribution in [-0.2, 0) is 9.53 Å². The third kappa shape index (κ3) is 21.4. The van der Waals surface area contributed by atoms with Gasteiger partial charge in [-0.25, -0.2) is 0 Å². The molecule has 0 aromatic carbocycles. The van der Waals surface area contributed by atoms with E-state index in [1.54, 1.807) is 0 Å². The van der Waals surface area contributed by atoms with E-state index in [4.69, 9.17) is 4.74 Å². The Balaban J connectivity index is 3.08. The van der Waals surface area contributed by atoms with E-state index >= 15 is 0 Å². The fourth-order valence-electron chi connectivity index (χ4n) is 3.20. The zero-order valence-corrected chi connectivity index (χ0v) is 17.6. The van der Waals surface area contributed by atoms with E-state index in [2.05, 4.69) is 20.8 Å². The van der Waals surface area contributed by atoms with Crippen molar-refractivity contribution in [3.05, 3.63) is 0 Å². The van der Waals surface area contributed by atoms with E-state index in [0.29, 0.717) is 13.0 Å². The van der Waals surface area contributed by atoms with Crippen molar-refractivity contribution < 1.29 is 9.53 Å². The van der Waals surface area contributed by atoms with Gasteiger partial charge in [0.05, 0.1) is 6.61 Å². The lowest BCUT2D eigenvalue weighted by Gasteiger charge is -2.05. The highest BCUT2D eigenvalue weighted by Crippen LogP contribution is 2.14. The standard InChI is InChI=1S/C23H46O2/c1-4-5-16-20-23(24)25-21-18-15-13-11-9-7-6-8-10-12-14-17-19-22(2)3/h22H,4-21H2,1-3H3. The summed E-state index contributed by atoms with van der Waals surface area (Å²) < 4.78 is 5.26. The summed E-state index contributed by atoms with van der Waals surface area (Å²) in [5.74, 6) is 0.871. The highest BCUT2D eigenvalue weighted by Gasteiger charge is 2.01. The first-order valence-corrected chi connectivity index (χ1v) is 11.3. The molecule has 2 nitrogen and oxygen atoms in total. The molecule has 0 rings (SSSR count). The molecule has 0 spiro atoms. The molecule has 0 unspecified atom stereocenters. The van der Waals surface area contributed by atoms with E-state index in [1.165, 1.54) is 77.0 Å². The molecule has 0 atom stereocenters. The van der Waals surface area contributed by atoms with Gasteiger partial charge in [0.2, 0.25) is 0 Å². The Labute approximate surface area is 158 Å². The molecule has 0 N–H and O–H groups in total. The van der Waals surface area contributed by atoms with E-state index in [0.717, 1.165) is 31.6 Å². The van der Waals surface area contributed by atoms with Gasteiger partial charge in [0, 0.05) is 6.42 Å². The number of esters is 1. The van der Waals surface area contributed by atoms with Gasteiger partial charge in [0.15, 0.2) is 0 Å². The van der Waals surface area contributed by atoms with Gasteiger partial charge in [0.25, 0.3) is 0 Å². The van der Waals surface area contributed by atoms with Crippen molar-refractivity contribution in [2.75, 3.05) is 6.61 Å². The zero-order valence-electron chi connectivity index (χ0n) is 17.6. The lowest BCUT2D eigenvalue weighted by atomic mass is 10.0. The predicted octanol–water partition coefficient (Wildman–Crippen LogP) is 7.84. The summed E-state index contributed by atoms with van der Waals surface area (Å²) in [6, 6.07) is 0. The smallest absolute Gasteiger partial charge is 0.305 e. The Hall–Kier alpha value is -0.530. The molecular formula is C23H46O2. The minimum Gasteiger partial charge on any atom is -0.466 e. The van der Waals surface area contributed by atoms with Gasteiger partial charge in [-0.05, 0) is 18.8 Å². The summed E-state index contributed by atoms with van der Waals surface area (Å²) in [6.07, 6.45) is 21.5. The van der Waals surface area contributed by atoms with Crippen LogP contribution >= 0.6 is 0 Å². The molecule has 0 fully saturated rings. The predicted molar refractivity (Wildman–Crippen MR) is 110 cm³/mol. The second-order valence-electron chi connectivity index (χ2n) is 8.10. The molecule has 0 saturated carbocycles. The summed E-state index contributed by atoms with van der Waals surface area (Å²) >= 11 is 0. The maximum absolute atomic E-state index is 11.4. The molecule has 0 aromatic rings. The second kappa shape index (κ2) is 19.8. The summed E-state index contributed by atoms with van der Waals surface area (Å²) in [4.78, 5) is 11.4. The molecule has 25 heavy (non-hydrogen) atoms. The fraction of sp³-hybridized carbons (Fsp3) is 0.957. The van der Waals surface area contributed by atoms with Crippen molar-refractivity contribution in [2.24, 2.45) is 5.92 Å². The van der Waals surface area contributed by atoms with Crippen LogP contribution in [0.15, 0.2) is 0 Å². The summed E-state index contributed by atoms with van der Waals surface area (Å²) in [6.45, 7) is 7.42. The second-order valence-corrected chi connectivity index (χ2v) is 8.10. The highest BCUT2D eigenvalue weighted by atomic mass is 16.5. The Morgan fingerprint density at radius 3 is 1.64 bits per heavy atom. The first-order chi connectivity index (χ1) is 12.2. The largest absolute Gasteiger partial charge is 0.466 e. The number of hydrogen-bond donors (Lipinski definition) is 0. The van der Waals surface area contributed by atoms with Crippen LogP contribution in [0.4, 0.5) is 0 Å². The summed E-state index contributed by atoms with van der Waals surface area (Å²) in [5.41, 5.74) is 0. The molecule has 0 heterocycles. The molecule has 0 aliphatic rings. The van der Waals surface area contributed by atoms with Gasteiger partial charge >= 0.3 is 5.97 Å². The van der Waals surface area contributed by atoms with Crippen molar-refractivity contribution in [1.82, 2.24) is 0 Å². The Morgan fingerprint density at radius 1 is 0.680 bits per heavy atom. The maximum atomic E-state index is 11.4. The van der Waals surface area contributed by atoms with Gasteiger partial charge in [-0.1, -0.05) is 111 Å². The first kappa shape index (κ1) is 24.5. The zero-order chi connectivity index (χ0) is 18.6. The monoisotopic (exact) mass is 354 g/mol. The number of unbranched alkanes of at least 4 members (excludes halogenated alkanes) is 13. The average Bonchev–Trinajstić information content (AvgIpc) is 2.58. The van der Waals surface area contributed by atoms with Crippen LogP contribution in [0.5, 0.6) is 0 Å². The van der Waals surface area contributed by atoms with Crippen LogP contribution in [0.1, 0.15) is 130 Å². The molecule has 2 heteroatoms. The Morgan fingerprint density at radius 2 is 1.16 bits per heavy atom. The first-order valence-electron chi connectivity index (χ1n) is 11.3.